The van der Waals surface area contributed by atoms with Gasteiger partial charge in [0.2, 0.25) is 0 Å². The van der Waals surface area contributed by atoms with Crippen LogP contribution in [0.2, 0.25) is 0 Å². The van der Waals surface area contributed by atoms with Crippen LogP contribution in [0.3, 0.4) is 0 Å². The van der Waals surface area contributed by atoms with Gasteiger partial charge in [0.25, 0.3) is 0 Å². The van der Waals surface area contributed by atoms with Crippen molar-refractivity contribution in [2.45, 2.75) is 6.10 Å². The van der Waals surface area contributed by atoms with Gasteiger partial charge < -0.3 is 14.8 Å². The zero-order valence-corrected chi connectivity index (χ0v) is 13.2. The molecule has 3 heterocycles. The third kappa shape index (κ3) is 3.20. The molecule has 1 aliphatic heterocycles. The second-order valence-electron chi connectivity index (χ2n) is 5.60. The number of hydrogen-bond acceptors (Lipinski definition) is 6. The number of ether oxygens (including phenoxy) is 2. The molecule has 1 aliphatic rings. The lowest BCUT2D eigenvalue weighted by Crippen LogP contribution is -2.34. The Labute approximate surface area is 139 Å². The molecule has 6 nitrogen and oxygen atoms in total. The van der Waals surface area contributed by atoms with E-state index in [1.165, 1.54) is 0 Å². The average molecular weight is 322 g/mol. The predicted octanol–water partition coefficient (Wildman–Crippen LogP) is 2.52. The predicted molar refractivity (Wildman–Crippen MR) is 91.8 cm³/mol. The van der Waals surface area contributed by atoms with E-state index in [0.29, 0.717) is 32.2 Å². The largest absolute Gasteiger partial charge is 0.376 e. The molecule has 1 aromatic carbocycles. The molecular formula is C18H18N4O2. The average Bonchev–Trinajstić information content (AvgIpc) is 2.67. The fourth-order valence-corrected chi connectivity index (χ4v) is 2.70. The summed E-state index contributed by atoms with van der Waals surface area (Å²) in [7, 11) is 0. The van der Waals surface area contributed by atoms with E-state index in [-0.39, 0.29) is 6.10 Å². The SMILES string of the molecule is c1cncc(-c2nc(NC[C@H]3COCCO3)c3ccccc3n2)c1. The summed E-state index contributed by atoms with van der Waals surface area (Å²) in [6.45, 7) is 2.55. The van der Waals surface area contributed by atoms with Gasteiger partial charge >= 0.3 is 0 Å². The Morgan fingerprint density at radius 2 is 2.04 bits per heavy atom. The molecular weight excluding hydrogens is 304 g/mol. The maximum absolute atomic E-state index is 5.69. The number of anilines is 1. The second kappa shape index (κ2) is 6.90. The normalized spacial score (nSPS) is 17.8. The molecule has 0 radical (unpaired) electrons. The molecule has 6 heteroatoms. The van der Waals surface area contributed by atoms with Gasteiger partial charge in [0, 0.05) is 29.9 Å². The van der Waals surface area contributed by atoms with Crippen molar-refractivity contribution in [1.29, 1.82) is 0 Å². The van der Waals surface area contributed by atoms with Gasteiger partial charge in [0.15, 0.2) is 5.82 Å². The van der Waals surface area contributed by atoms with Crippen molar-refractivity contribution in [2.75, 3.05) is 31.7 Å². The first-order chi connectivity index (χ1) is 11.9. The maximum atomic E-state index is 5.69. The van der Waals surface area contributed by atoms with Crippen LogP contribution in [-0.2, 0) is 9.47 Å². The summed E-state index contributed by atoms with van der Waals surface area (Å²) < 4.78 is 11.1. The zero-order valence-electron chi connectivity index (χ0n) is 13.2. The Morgan fingerprint density at radius 1 is 1.08 bits per heavy atom. The second-order valence-corrected chi connectivity index (χ2v) is 5.60. The fourth-order valence-electron chi connectivity index (χ4n) is 2.70. The number of benzene rings is 1. The van der Waals surface area contributed by atoms with Crippen molar-refractivity contribution in [3.8, 4) is 11.4 Å². The summed E-state index contributed by atoms with van der Waals surface area (Å²) in [5.74, 6) is 1.46. The fraction of sp³-hybridized carbons (Fsp3) is 0.278. The van der Waals surface area contributed by atoms with E-state index in [1.54, 1.807) is 12.4 Å². The van der Waals surface area contributed by atoms with Crippen LogP contribution in [0.15, 0.2) is 48.8 Å². The molecule has 0 bridgehead atoms. The number of nitrogens with zero attached hydrogens (tertiary/aromatic N) is 3. The summed E-state index contributed by atoms with van der Waals surface area (Å²) in [5, 5.41) is 4.38. The standard InChI is InChI=1S/C18H18N4O2/c1-2-6-16-15(5-1)18(20-11-14-12-23-8-9-24-14)22-17(21-16)13-4-3-7-19-10-13/h1-7,10,14H,8-9,11-12H2,(H,20,21,22)/t14-/m0/s1. The van der Waals surface area contributed by atoms with Gasteiger partial charge in [-0.1, -0.05) is 12.1 Å². The molecule has 0 amide bonds. The highest BCUT2D eigenvalue weighted by atomic mass is 16.6. The van der Waals surface area contributed by atoms with Crippen LogP contribution in [0, 0.1) is 0 Å². The first-order valence-corrected chi connectivity index (χ1v) is 8.00. The first-order valence-electron chi connectivity index (χ1n) is 8.00. The molecule has 2 aromatic heterocycles. The number of hydrogen-bond donors (Lipinski definition) is 1. The van der Waals surface area contributed by atoms with Gasteiger partial charge in [-0.2, -0.15) is 0 Å². The van der Waals surface area contributed by atoms with E-state index in [2.05, 4.69) is 15.3 Å². The molecule has 3 aromatic rings. The Bertz CT molecular complexity index is 820. The van der Waals surface area contributed by atoms with Crippen molar-refractivity contribution in [1.82, 2.24) is 15.0 Å². The van der Waals surface area contributed by atoms with E-state index in [9.17, 15) is 0 Å². The molecule has 0 aliphatic carbocycles. The third-order valence-corrected chi connectivity index (χ3v) is 3.91. The maximum Gasteiger partial charge on any atom is 0.163 e. The molecule has 4 rings (SSSR count). The van der Waals surface area contributed by atoms with E-state index in [0.717, 1.165) is 22.3 Å². The van der Waals surface area contributed by atoms with Crippen LogP contribution >= 0.6 is 0 Å². The molecule has 1 fully saturated rings. The number of nitrogens with one attached hydrogen (secondary N) is 1. The first kappa shape index (κ1) is 15.0. The zero-order chi connectivity index (χ0) is 16.2. The van der Waals surface area contributed by atoms with E-state index in [1.807, 2.05) is 36.4 Å². The Kier molecular flexibility index (Phi) is 4.31. The van der Waals surface area contributed by atoms with Crippen LogP contribution in [-0.4, -0.2) is 47.4 Å². The van der Waals surface area contributed by atoms with Crippen LogP contribution in [0.25, 0.3) is 22.3 Å². The van der Waals surface area contributed by atoms with Crippen molar-refractivity contribution in [3.63, 3.8) is 0 Å². The Balaban J connectivity index is 1.67. The minimum atomic E-state index is 0.0364. The molecule has 122 valence electrons. The quantitative estimate of drug-likeness (QED) is 0.796. The highest BCUT2D eigenvalue weighted by Gasteiger charge is 2.15. The van der Waals surface area contributed by atoms with Crippen molar-refractivity contribution in [3.05, 3.63) is 48.8 Å². The highest BCUT2D eigenvalue weighted by Crippen LogP contribution is 2.24. The van der Waals surface area contributed by atoms with Gasteiger partial charge in [-0.05, 0) is 24.3 Å². The lowest BCUT2D eigenvalue weighted by molar-refractivity contribution is -0.0819. The van der Waals surface area contributed by atoms with Crippen LogP contribution < -0.4 is 5.32 Å². The lowest BCUT2D eigenvalue weighted by atomic mass is 10.2. The van der Waals surface area contributed by atoms with E-state index >= 15 is 0 Å². The van der Waals surface area contributed by atoms with Gasteiger partial charge in [0.1, 0.15) is 5.82 Å². The van der Waals surface area contributed by atoms with Crippen LogP contribution in [0.1, 0.15) is 0 Å². The summed E-state index contributed by atoms with van der Waals surface area (Å²) in [4.78, 5) is 13.5. The highest BCUT2D eigenvalue weighted by molar-refractivity contribution is 5.90. The molecule has 0 unspecified atom stereocenters. The minimum absolute atomic E-state index is 0.0364. The summed E-state index contributed by atoms with van der Waals surface area (Å²) >= 11 is 0. The number of para-hydroxylation sites is 1. The molecule has 0 spiro atoms. The number of rotatable bonds is 4. The third-order valence-electron chi connectivity index (χ3n) is 3.91. The topological polar surface area (TPSA) is 69.2 Å². The smallest absolute Gasteiger partial charge is 0.163 e. The van der Waals surface area contributed by atoms with Gasteiger partial charge in [-0.25, -0.2) is 9.97 Å². The van der Waals surface area contributed by atoms with Gasteiger partial charge in [0.05, 0.1) is 31.4 Å². The molecule has 1 saturated heterocycles. The monoisotopic (exact) mass is 322 g/mol. The molecule has 1 N–H and O–H groups in total. The molecule has 0 saturated carbocycles. The summed E-state index contributed by atoms with van der Waals surface area (Å²) in [6, 6.07) is 11.8. The van der Waals surface area contributed by atoms with Crippen molar-refractivity contribution in [2.24, 2.45) is 0 Å². The van der Waals surface area contributed by atoms with Crippen LogP contribution in [0.4, 0.5) is 5.82 Å². The van der Waals surface area contributed by atoms with Crippen molar-refractivity contribution < 1.29 is 9.47 Å². The number of pyridine rings is 1. The number of aromatic nitrogens is 3. The van der Waals surface area contributed by atoms with E-state index in [4.69, 9.17) is 14.5 Å². The summed E-state index contributed by atoms with van der Waals surface area (Å²) in [6.07, 6.45) is 3.55. The lowest BCUT2D eigenvalue weighted by Gasteiger charge is -2.23. The number of fused-ring (bicyclic) bond motifs is 1. The Hall–Kier alpha value is -2.57. The van der Waals surface area contributed by atoms with Crippen molar-refractivity contribution >= 4 is 16.7 Å². The van der Waals surface area contributed by atoms with E-state index < -0.39 is 0 Å². The molecule has 24 heavy (non-hydrogen) atoms. The van der Waals surface area contributed by atoms with Gasteiger partial charge in [-0.3, -0.25) is 4.98 Å². The van der Waals surface area contributed by atoms with Crippen LogP contribution in [0.5, 0.6) is 0 Å². The Morgan fingerprint density at radius 3 is 2.88 bits per heavy atom. The van der Waals surface area contributed by atoms with Gasteiger partial charge in [-0.15, -0.1) is 0 Å². The summed E-state index contributed by atoms with van der Waals surface area (Å²) in [5.41, 5.74) is 1.79. The molecule has 1 atom stereocenters. The minimum Gasteiger partial charge on any atom is -0.376 e.